The molecule has 0 atom stereocenters. The van der Waals surface area contributed by atoms with Gasteiger partial charge in [-0.15, -0.1) is 0 Å². The smallest absolute Gasteiger partial charge is 0.159 e. The molecule has 14 heavy (non-hydrogen) atoms. The average molecular weight is 197 g/mol. The molecule has 0 bridgehead atoms. The van der Waals surface area contributed by atoms with E-state index in [1.54, 1.807) is 6.07 Å². The van der Waals surface area contributed by atoms with E-state index in [1.165, 1.54) is 6.07 Å². The van der Waals surface area contributed by atoms with Crippen LogP contribution in [0.2, 0.25) is 0 Å². The zero-order valence-corrected chi connectivity index (χ0v) is 8.06. The van der Waals surface area contributed by atoms with E-state index >= 15 is 0 Å². The minimum atomic E-state index is -0.804. The number of rotatable bonds is 4. The average Bonchev–Trinajstić information content (AvgIpc) is 2.18. The molecular formula is C11H13F2N. The van der Waals surface area contributed by atoms with Gasteiger partial charge in [-0.3, -0.25) is 0 Å². The first-order valence-electron chi connectivity index (χ1n) is 4.50. The van der Waals surface area contributed by atoms with Crippen molar-refractivity contribution in [2.75, 3.05) is 6.54 Å². The van der Waals surface area contributed by atoms with Crippen LogP contribution in [0.3, 0.4) is 0 Å². The number of halogens is 2. The van der Waals surface area contributed by atoms with Gasteiger partial charge in [-0.25, -0.2) is 8.78 Å². The van der Waals surface area contributed by atoms with Crippen LogP contribution in [-0.2, 0) is 6.54 Å². The van der Waals surface area contributed by atoms with Crippen LogP contribution >= 0.6 is 0 Å². The summed E-state index contributed by atoms with van der Waals surface area (Å²) in [4.78, 5) is 0. The molecule has 0 aromatic heterocycles. The third kappa shape index (κ3) is 3.26. The van der Waals surface area contributed by atoms with E-state index in [0.717, 1.165) is 18.2 Å². The van der Waals surface area contributed by atoms with Gasteiger partial charge in [-0.1, -0.05) is 18.2 Å². The van der Waals surface area contributed by atoms with Gasteiger partial charge in [0.2, 0.25) is 0 Å². The van der Waals surface area contributed by atoms with E-state index in [-0.39, 0.29) is 0 Å². The van der Waals surface area contributed by atoms with Crippen molar-refractivity contribution >= 4 is 0 Å². The molecule has 0 saturated heterocycles. The van der Waals surface area contributed by atoms with E-state index in [4.69, 9.17) is 0 Å². The summed E-state index contributed by atoms with van der Waals surface area (Å²) in [6.07, 6.45) is 3.89. The standard InChI is InChI=1S/C11H13F2N/c1-2-3-6-14-8-9-4-5-10(12)11(13)7-9/h2-5,7,14H,6,8H2,1H3/b3-2+. The highest BCUT2D eigenvalue weighted by atomic mass is 19.2. The van der Waals surface area contributed by atoms with E-state index in [1.807, 2.05) is 19.1 Å². The maximum absolute atomic E-state index is 12.7. The molecule has 1 aromatic carbocycles. The summed E-state index contributed by atoms with van der Waals surface area (Å²) >= 11 is 0. The van der Waals surface area contributed by atoms with Crippen LogP contribution in [0.25, 0.3) is 0 Å². The highest BCUT2D eigenvalue weighted by Gasteiger charge is 2.01. The Morgan fingerprint density at radius 3 is 2.71 bits per heavy atom. The second-order valence-corrected chi connectivity index (χ2v) is 2.95. The summed E-state index contributed by atoms with van der Waals surface area (Å²) in [6, 6.07) is 3.92. The minimum Gasteiger partial charge on any atom is -0.309 e. The maximum Gasteiger partial charge on any atom is 0.159 e. The molecule has 0 aliphatic rings. The van der Waals surface area contributed by atoms with Gasteiger partial charge in [-0.2, -0.15) is 0 Å². The molecule has 0 unspecified atom stereocenters. The van der Waals surface area contributed by atoms with E-state index in [0.29, 0.717) is 6.54 Å². The number of hydrogen-bond acceptors (Lipinski definition) is 1. The molecule has 0 radical (unpaired) electrons. The van der Waals surface area contributed by atoms with Crippen molar-refractivity contribution < 1.29 is 8.78 Å². The lowest BCUT2D eigenvalue weighted by atomic mass is 10.2. The Balaban J connectivity index is 2.47. The second-order valence-electron chi connectivity index (χ2n) is 2.95. The van der Waals surface area contributed by atoms with Gasteiger partial charge in [0.25, 0.3) is 0 Å². The monoisotopic (exact) mass is 197 g/mol. The zero-order valence-electron chi connectivity index (χ0n) is 8.06. The summed E-state index contributed by atoms with van der Waals surface area (Å²) in [7, 11) is 0. The van der Waals surface area contributed by atoms with Gasteiger partial charge in [0, 0.05) is 13.1 Å². The molecular weight excluding hydrogens is 184 g/mol. The summed E-state index contributed by atoms with van der Waals surface area (Å²) in [5.74, 6) is -1.60. The summed E-state index contributed by atoms with van der Waals surface area (Å²) in [6.45, 7) is 3.20. The maximum atomic E-state index is 12.7. The Kier molecular flexibility index (Phi) is 4.26. The zero-order chi connectivity index (χ0) is 10.4. The molecule has 3 heteroatoms. The van der Waals surface area contributed by atoms with Crippen molar-refractivity contribution in [2.24, 2.45) is 0 Å². The van der Waals surface area contributed by atoms with Gasteiger partial charge >= 0.3 is 0 Å². The highest BCUT2D eigenvalue weighted by molar-refractivity contribution is 5.17. The van der Waals surface area contributed by atoms with Crippen molar-refractivity contribution in [3.8, 4) is 0 Å². The Morgan fingerprint density at radius 2 is 2.07 bits per heavy atom. The molecule has 1 N–H and O–H groups in total. The van der Waals surface area contributed by atoms with Crippen molar-refractivity contribution in [2.45, 2.75) is 13.5 Å². The molecule has 76 valence electrons. The summed E-state index contributed by atoms with van der Waals surface area (Å²) < 4.78 is 25.3. The molecule has 0 aliphatic heterocycles. The Hall–Kier alpha value is -1.22. The third-order valence-electron chi connectivity index (χ3n) is 1.81. The molecule has 1 rings (SSSR count). The normalized spacial score (nSPS) is 11.1. The van der Waals surface area contributed by atoms with Gasteiger partial charge in [0.1, 0.15) is 0 Å². The quantitative estimate of drug-likeness (QED) is 0.578. The lowest BCUT2D eigenvalue weighted by Gasteiger charge is -2.02. The van der Waals surface area contributed by atoms with Crippen LogP contribution in [-0.4, -0.2) is 6.54 Å². The Morgan fingerprint density at radius 1 is 1.29 bits per heavy atom. The van der Waals surface area contributed by atoms with Gasteiger partial charge in [0.05, 0.1) is 0 Å². The van der Waals surface area contributed by atoms with E-state index < -0.39 is 11.6 Å². The van der Waals surface area contributed by atoms with Crippen LogP contribution in [0.5, 0.6) is 0 Å². The topological polar surface area (TPSA) is 12.0 Å². The van der Waals surface area contributed by atoms with Crippen LogP contribution in [0.15, 0.2) is 30.4 Å². The van der Waals surface area contributed by atoms with Gasteiger partial charge in [-0.05, 0) is 24.6 Å². The fraction of sp³-hybridized carbons (Fsp3) is 0.273. The van der Waals surface area contributed by atoms with E-state index in [2.05, 4.69) is 5.32 Å². The number of allylic oxidation sites excluding steroid dienone is 1. The molecule has 1 aromatic rings. The number of nitrogens with one attached hydrogen (secondary N) is 1. The molecule has 0 spiro atoms. The number of hydrogen-bond donors (Lipinski definition) is 1. The van der Waals surface area contributed by atoms with Crippen molar-refractivity contribution in [3.05, 3.63) is 47.5 Å². The lowest BCUT2D eigenvalue weighted by Crippen LogP contribution is -2.12. The molecule has 0 saturated carbocycles. The van der Waals surface area contributed by atoms with Gasteiger partial charge in [0.15, 0.2) is 11.6 Å². The molecule has 0 heterocycles. The first-order chi connectivity index (χ1) is 6.74. The number of benzene rings is 1. The minimum absolute atomic E-state index is 0.543. The van der Waals surface area contributed by atoms with Crippen molar-refractivity contribution in [1.82, 2.24) is 5.32 Å². The fourth-order valence-corrected chi connectivity index (χ4v) is 1.07. The van der Waals surface area contributed by atoms with E-state index in [9.17, 15) is 8.78 Å². The second kappa shape index (κ2) is 5.50. The SMILES string of the molecule is C/C=C/CNCc1ccc(F)c(F)c1. The summed E-state index contributed by atoms with van der Waals surface area (Å²) in [5, 5.41) is 3.07. The highest BCUT2D eigenvalue weighted by Crippen LogP contribution is 2.07. The molecule has 0 fully saturated rings. The van der Waals surface area contributed by atoms with Crippen LogP contribution in [0.1, 0.15) is 12.5 Å². The molecule has 0 amide bonds. The third-order valence-corrected chi connectivity index (χ3v) is 1.81. The predicted molar refractivity (Wildman–Crippen MR) is 52.9 cm³/mol. The molecule has 1 nitrogen and oxygen atoms in total. The molecule has 0 aliphatic carbocycles. The van der Waals surface area contributed by atoms with Crippen LogP contribution in [0.4, 0.5) is 8.78 Å². The Labute approximate surface area is 82.4 Å². The van der Waals surface area contributed by atoms with Crippen molar-refractivity contribution in [3.63, 3.8) is 0 Å². The first-order valence-corrected chi connectivity index (χ1v) is 4.50. The largest absolute Gasteiger partial charge is 0.309 e. The fourth-order valence-electron chi connectivity index (χ4n) is 1.07. The van der Waals surface area contributed by atoms with Gasteiger partial charge < -0.3 is 5.32 Å². The summed E-state index contributed by atoms with van der Waals surface area (Å²) in [5.41, 5.74) is 0.744. The van der Waals surface area contributed by atoms with Crippen LogP contribution < -0.4 is 5.32 Å². The first kappa shape index (κ1) is 10.9. The predicted octanol–water partition coefficient (Wildman–Crippen LogP) is 2.63. The lowest BCUT2D eigenvalue weighted by molar-refractivity contribution is 0.506. The van der Waals surface area contributed by atoms with Crippen LogP contribution in [0, 0.1) is 11.6 Å². The van der Waals surface area contributed by atoms with Crippen molar-refractivity contribution in [1.29, 1.82) is 0 Å². The Bertz CT molecular complexity index is 321.